The van der Waals surface area contributed by atoms with Crippen molar-refractivity contribution in [2.45, 2.75) is 24.3 Å². The van der Waals surface area contributed by atoms with Gasteiger partial charge in [0.05, 0.1) is 12.7 Å². The number of hydrogen-bond acceptors (Lipinski definition) is 1. The van der Waals surface area contributed by atoms with E-state index in [0.29, 0.717) is 12.0 Å². The van der Waals surface area contributed by atoms with Gasteiger partial charge in [0.25, 0.3) is 0 Å². The van der Waals surface area contributed by atoms with Crippen LogP contribution in [0, 0.1) is 0 Å². The Morgan fingerprint density at radius 1 is 1.67 bits per heavy atom. The van der Waals surface area contributed by atoms with E-state index in [9.17, 15) is 0 Å². The molecule has 0 aromatic rings. The van der Waals surface area contributed by atoms with Gasteiger partial charge in [-0.15, -0.1) is 23.2 Å². The molecule has 0 N–H and O–H groups in total. The standard InChI is InChI=1S/C6H10Cl2O/c7-3-5(8)1-2-6-4-9-6/h5-6H,1-4H2. The lowest BCUT2D eigenvalue weighted by molar-refractivity contribution is 0.391. The summed E-state index contributed by atoms with van der Waals surface area (Å²) in [5, 5.41) is 0.135. The molecular formula is C6H10Cl2O. The third kappa shape index (κ3) is 3.29. The maximum absolute atomic E-state index is 5.75. The largest absolute Gasteiger partial charge is 0.373 e. The lowest BCUT2D eigenvalue weighted by Gasteiger charge is -2.00. The van der Waals surface area contributed by atoms with Crippen molar-refractivity contribution in [3.8, 4) is 0 Å². The van der Waals surface area contributed by atoms with Crippen LogP contribution in [0.3, 0.4) is 0 Å². The van der Waals surface area contributed by atoms with E-state index in [1.165, 1.54) is 0 Å². The summed E-state index contributed by atoms with van der Waals surface area (Å²) in [7, 11) is 0. The monoisotopic (exact) mass is 168 g/mol. The fraction of sp³-hybridized carbons (Fsp3) is 1.00. The number of epoxide rings is 1. The molecule has 1 nitrogen and oxygen atoms in total. The third-order valence-electron chi connectivity index (χ3n) is 1.37. The SMILES string of the molecule is ClCC(Cl)CCC1CO1. The summed E-state index contributed by atoms with van der Waals surface area (Å²) in [6.45, 7) is 0.923. The van der Waals surface area contributed by atoms with E-state index in [-0.39, 0.29) is 5.38 Å². The van der Waals surface area contributed by atoms with E-state index in [1.807, 2.05) is 0 Å². The normalized spacial score (nSPS) is 28.0. The van der Waals surface area contributed by atoms with Crippen molar-refractivity contribution in [3.05, 3.63) is 0 Å². The third-order valence-corrected chi connectivity index (χ3v) is 2.27. The summed E-state index contributed by atoms with van der Waals surface area (Å²) in [5.74, 6) is 0.550. The summed E-state index contributed by atoms with van der Waals surface area (Å²) < 4.78 is 5.00. The highest BCUT2D eigenvalue weighted by Gasteiger charge is 2.22. The molecule has 0 aromatic carbocycles. The van der Waals surface area contributed by atoms with Gasteiger partial charge in [0, 0.05) is 11.3 Å². The molecule has 2 atom stereocenters. The van der Waals surface area contributed by atoms with Crippen molar-refractivity contribution in [2.75, 3.05) is 12.5 Å². The van der Waals surface area contributed by atoms with Crippen LogP contribution in [-0.4, -0.2) is 24.0 Å². The van der Waals surface area contributed by atoms with Crippen molar-refractivity contribution in [2.24, 2.45) is 0 Å². The molecule has 0 spiro atoms. The van der Waals surface area contributed by atoms with Crippen molar-refractivity contribution in [1.29, 1.82) is 0 Å². The van der Waals surface area contributed by atoms with E-state index < -0.39 is 0 Å². The van der Waals surface area contributed by atoms with Crippen LogP contribution in [0.1, 0.15) is 12.8 Å². The second-order valence-electron chi connectivity index (χ2n) is 2.28. The second kappa shape index (κ2) is 3.65. The Hall–Kier alpha value is 0.540. The molecule has 1 aliphatic rings. The minimum atomic E-state index is 0.135. The first-order valence-corrected chi connectivity index (χ1v) is 4.11. The average Bonchev–Trinajstić information content (AvgIpc) is 2.65. The van der Waals surface area contributed by atoms with Gasteiger partial charge < -0.3 is 4.74 Å². The fourth-order valence-electron chi connectivity index (χ4n) is 0.679. The Morgan fingerprint density at radius 3 is 2.78 bits per heavy atom. The van der Waals surface area contributed by atoms with Crippen LogP contribution in [0.4, 0.5) is 0 Å². The summed E-state index contributed by atoms with van der Waals surface area (Å²) in [6, 6.07) is 0. The van der Waals surface area contributed by atoms with Gasteiger partial charge >= 0.3 is 0 Å². The molecule has 1 saturated heterocycles. The molecular weight excluding hydrogens is 159 g/mol. The van der Waals surface area contributed by atoms with Gasteiger partial charge in [-0.25, -0.2) is 0 Å². The zero-order chi connectivity index (χ0) is 6.69. The predicted molar refractivity (Wildman–Crippen MR) is 39.3 cm³/mol. The maximum Gasteiger partial charge on any atom is 0.0810 e. The van der Waals surface area contributed by atoms with Crippen LogP contribution in [0.25, 0.3) is 0 Å². The first-order valence-electron chi connectivity index (χ1n) is 3.14. The number of rotatable bonds is 4. The van der Waals surface area contributed by atoms with E-state index in [2.05, 4.69) is 0 Å². The van der Waals surface area contributed by atoms with Crippen LogP contribution in [0.2, 0.25) is 0 Å². The summed E-state index contributed by atoms with van der Waals surface area (Å²) >= 11 is 11.2. The minimum Gasteiger partial charge on any atom is -0.373 e. The molecule has 0 saturated carbocycles. The summed E-state index contributed by atoms with van der Waals surface area (Å²) in [6.07, 6.45) is 2.55. The first-order chi connectivity index (χ1) is 4.33. The van der Waals surface area contributed by atoms with E-state index in [1.54, 1.807) is 0 Å². The summed E-state index contributed by atoms with van der Waals surface area (Å²) in [4.78, 5) is 0. The second-order valence-corrected chi connectivity index (χ2v) is 3.21. The lowest BCUT2D eigenvalue weighted by atomic mass is 10.2. The van der Waals surface area contributed by atoms with Crippen molar-refractivity contribution >= 4 is 23.2 Å². The molecule has 0 amide bonds. The molecule has 0 aromatic heterocycles. The average molecular weight is 169 g/mol. The quantitative estimate of drug-likeness (QED) is 0.463. The Kier molecular flexibility index (Phi) is 3.10. The molecule has 2 unspecified atom stereocenters. The number of alkyl halides is 2. The van der Waals surface area contributed by atoms with Crippen molar-refractivity contribution in [3.63, 3.8) is 0 Å². The number of ether oxygens (including phenoxy) is 1. The van der Waals surface area contributed by atoms with Gasteiger partial charge in [0.1, 0.15) is 0 Å². The Labute approximate surface area is 65.3 Å². The minimum absolute atomic E-state index is 0.135. The highest BCUT2D eigenvalue weighted by molar-refractivity contribution is 6.28. The fourth-order valence-corrected chi connectivity index (χ4v) is 0.959. The van der Waals surface area contributed by atoms with Gasteiger partial charge in [0.15, 0.2) is 0 Å². The zero-order valence-corrected chi connectivity index (χ0v) is 6.66. The molecule has 1 rings (SSSR count). The molecule has 1 aliphatic heterocycles. The molecule has 0 radical (unpaired) electrons. The zero-order valence-electron chi connectivity index (χ0n) is 5.15. The van der Waals surface area contributed by atoms with Gasteiger partial charge in [-0.05, 0) is 12.8 Å². The molecule has 9 heavy (non-hydrogen) atoms. The summed E-state index contributed by atoms with van der Waals surface area (Å²) in [5.41, 5.74) is 0. The smallest absolute Gasteiger partial charge is 0.0810 e. The van der Waals surface area contributed by atoms with Gasteiger partial charge in [0.2, 0.25) is 0 Å². The molecule has 1 heterocycles. The van der Waals surface area contributed by atoms with Crippen molar-refractivity contribution < 1.29 is 4.74 Å². The van der Waals surface area contributed by atoms with Crippen LogP contribution in [-0.2, 0) is 4.74 Å². The van der Waals surface area contributed by atoms with Gasteiger partial charge in [-0.1, -0.05) is 0 Å². The number of halogens is 2. The van der Waals surface area contributed by atoms with Crippen molar-refractivity contribution in [1.82, 2.24) is 0 Å². The highest BCUT2D eigenvalue weighted by atomic mass is 35.5. The Morgan fingerprint density at radius 2 is 2.33 bits per heavy atom. The molecule has 0 aliphatic carbocycles. The maximum atomic E-state index is 5.75. The van der Waals surface area contributed by atoms with Crippen LogP contribution in [0.5, 0.6) is 0 Å². The highest BCUT2D eigenvalue weighted by Crippen LogP contribution is 2.18. The van der Waals surface area contributed by atoms with E-state index in [0.717, 1.165) is 19.4 Å². The Balaban J connectivity index is 1.90. The number of hydrogen-bond donors (Lipinski definition) is 0. The molecule has 3 heteroatoms. The molecule has 1 fully saturated rings. The topological polar surface area (TPSA) is 12.5 Å². The lowest BCUT2D eigenvalue weighted by Crippen LogP contribution is -2.01. The predicted octanol–water partition coefficient (Wildman–Crippen LogP) is 2.01. The molecule has 0 bridgehead atoms. The Bertz CT molecular complexity index is 83.1. The van der Waals surface area contributed by atoms with E-state index in [4.69, 9.17) is 27.9 Å². The van der Waals surface area contributed by atoms with Crippen LogP contribution >= 0.6 is 23.2 Å². The van der Waals surface area contributed by atoms with Gasteiger partial charge in [-0.3, -0.25) is 0 Å². The van der Waals surface area contributed by atoms with Crippen LogP contribution < -0.4 is 0 Å². The van der Waals surface area contributed by atoms with E-state index >= 15 is 0 Å². The first kappa shape index (κ1) is 7.64. The molecule has 54 valence electrons. The van der Waals surface area contributed by atoms with Crippen LogP contribution in [0.15, 0.2) is 0 Å². The van der Waals surface area contributed by atoms with Gasteiger partial charge in [-0.2, -0.15) is 0 Å².